The molecule has 2 N–H and O–H groups in total. The summed E-state index contributed by atoms with van der Waals surface area (Å²) in [6.45, 7) is 2.18. The van der Waals surface area contributed by atoms with Crippen molar-refractivity contribution in [3.8, 4) is 11.8 Å². The Morgan fingerprint density at radius 2 is 2.00 bits per heavy atom. The highest BCUT2D eigenvalue weighted by Crippen LogP contribution is 2.03. The Balaban J connectivity index is 2.24. The van der Waals surface area contributed by atoms with Crippen molar-refractivity contribution < 1.29 is 0 Å². The Kier molecular flexibility index (Phi) is 6.37. The maximum absolute atomic E-state index is 5.93. The van der Waals surface area contributed by atoms with Crippen molar-refractivity contribution in [1.29, 1.82) is 0 Å². The van der Waals surface area contributed by atoms with Crippen LogP contribution in [0.1, 0.15) is 38.2 Å². The summed E-state index contributed by atoms with van der Waals surface area (Å²) in [7, 11) is 0. The molecule has 0 bridgehead atoms. The van der Waals surface area contributed by atoms with Gasteiger partial charge in [0.25, 0.3) is 0 Å². The molecule has 16 heavy (non-hydrogen) atoms. The van der Waals surface area contributed by atoms with Crippen LogP contribution in [-0.2, 0) is 6.42 Å². The van der Waals surface area contributed by atoms with Crippen molar-refractivity contribution in [2.24, 2.45) is 5.73 Å². The molecule has 1 aromatic rings. The lowest BCUT2D eigenvalue weighted by Gasteiger charge is -2.03. The highest BCUT2D eigenvalue weighted by molar-refractivity contribution is 5.16. The third-order valence-corrected chi connectivity index (χ3v) is 2.53. The zero-order valence-electron chi connectivity index (χ0n) is 10.1. The van der Waals surface area contributed by atoms with Crippen LogP contribution in [0.4, 0.5) is 0 Å². The summed E-state index contributed by atoms with van der Waals surface area (Å²) in [6, 6.07) is 10.5. The van der Waals surface area contributed by atoms with Gasteiger partial charge in [-0.05, 0) is 24.8 Å². The minimum atomic E-state index is 0.0251. The summed E-state index contributed by atoms with van der Waals surface area (Å²) in [5.41, 5.74) is 7.27. The molecule has 1 rings (SSSR count). The van der Waals surface area contributed by atoms with Gasteiger partial charge in [0.1, 0.15) is 0 Å². The van der Waals surface area contributed by atoms with E-state index in [-0.39, 0.29) is 6.04 Å². The molecule has 1 nitrogen and oxygen atoms in total. The number of rotatable bonds is 5. The first-order valence-corrected chi connectivity index (χ1v) is 6.11. The molecule has 0 aliphatic heterocycles. The zero-order chi connectivity index (χ0) is 11.6. The quantitative estimate of drug-likeness (QED) is 0.592. The van der Waals surface area contributed by atoms with Crippen LogP contribution < -0.4 is 5.73 Å². The van der Waals surface area contributed by atoms with Crippen LogP contribution in [0.2, 0.25) is 0 Å². The highest BCUT2D eigenvalue weighted by atomic mass is 14.6. The molecule has 0 fully saturated rings. The topological polar surface area (TPSA) is 26.0 Å². The maximum Gasteiger partial charge on any atom is 0.0667 e. The molecule has 0 saturated carbocycles. The number of aryl methyl sites for hydroxylation is 1. The first kappa shape index (κ1) is 12.8. The maximum atomic E-state index is 5.93. The van der Waals surface area contributed by atoms with E-state index in [1.165, 1.54) is 18.4 Å². The van der Waals surface area contributed by atoms with Crippen molar-refractivity contribution in [3.05, 3.63) is 35.9 Å². The minimum Gasteiger partial charge on any atom is -0.318 e. The van der Waals surface area contributed by atoms with E-state index in [4.69, 9.17) is 5.73 Å². The van der Waals surface area contributed by atoms with Gasteiger partial charge in [-0.25, -0.2) is 0 Å². The Labute approximate surface area is 99.1 Å². The van der Waals surface area contributed by atoms with Gasteiger partial charge in [-0.2, -0.15) is 0 Å². The van der Waals surface area contributed by atoms with Crippen molar-refractivity contribution in [1.82, 2.24) is 0 Å². The predicted octanol–water partition coefficient (Wildman–Crippen LogP) is 3.14. The van der Waals surface area contributed by atoms with Gasteiger partial charge >= 0.3 is 0 Å². The third-order valence-electron chi connectivity index (χ3n) is 2.53. The lowest BCUT2D eigenvalue weighted by molar-refractivity contribution is 0.736. The van der Waals surface area contributed by atoms with E-state index >= 15 is 0 Å². The predicted molar refractivity (Wildman–Crippen MR) is 70.0 cm³/mol. The van der Waals surface area contributed by atoms with Gasteiger partial charge in [-0.1, -0.05) is 49.6 Å². The van der Waals surface area contributed by atoms with Gasteiger partial charge in [0.05, 0.1) is 6.04 Å². The molecule has 0 heterocycles. The van der Waals surface area contributed by atoms with Gasteiger partial charge in [0, 0.05) is 6.42 Å². The molecule has 1 atom stereocenters. The summed E-state index contributed by atoms with van der Waals surface area (Å²) in [5.74, 6) is 6.26. The van der Waals surface area contributed by atoms with Crippen LogP contribution in [0.25, 0.3) is 0 Å². The van der Waals surface area contributed by atoms with Crippen LogP contribution in [-0.4, -0.2) is 6.04 Å². The van der Waals surface area contributed by atoms with Gasteiger partial charge in [0.15, 0.2) is 0 Å². The van der Waals surface area contributed by atoms with E-state index < -0.39 is 0 Å². The number of benzene rings is 1. The number of nitrogens with two attached hydrogens (primary N) is 1. The Bertz CT molecular complexity index is 331. The second kappa shape index (κ2) is 7.96. The highest BCUT2D eigenvalue weighted by Gasteiger charge is 1.98. The standard InChI is InChI=1S/C15H21N/c1-2-3-4-8-11-15(16)13-12-14-9-6-5-7-10-14/h5-7,9-10,15H,2-4,12-13,16H2,1H3. The van der Waals surface area contributed by atoms with E-state index in [1.807, 2.05) is 6.07 Å². The summed E-state index contributed by atoms with van der Waals surface area (Å²) in [5, 5.41) is 0. The second-order valence-corrected chi connectivity index (χ2v) is 4.06. The van der Waals surface area contributed by atoms with Crippen LogP contribution in [0.3, 0.4) is 0 Å². The Hall–Kier alpha value is -1.26. The summed E-state index contributed by atoms with van der Waals surface area (Å²) in [4.78, 5) is 0. The lowest BCUT2D eigenvalue weighted by atomic mass is 10.1. The zero-order valence-corrected chi connectivity index (χ0v) is 10.1. The average molecular weight is 215 g/mol. The SMILES string of the molecule is CCCCC#CC(N)CCc1ccccc1. The van der Waals surface area contributed by atoms with E-state index in [1.54, 1.807) is 0 Å². The number of hydrogen-bond donors (Lipinski definition) is 1. The van der Waals surface area contributed by atoms with Gasteiger partial charge in [-0.3, -0.25) is 0 Å². The molecule has 86 valence electrons. The third kappa shape index (κ3) is 5.58. The van der Waals surface area contributed by atoms with Crippen molar-refractivity contribution in [2.75, 3.05) is 0 Å². The van der Waals surface area contributed by atoms with Crippen LogP contribution in [0, 0.1) is 11.8 Å². The number of unbranched alkanes of at least 4 members (excludes halogenated alkanes) is 2. The van der Waals surface area contributed by atoms with Gasteiger partial charge < -0.3 is 5.73 Å². The minimum absolute atomic E-state index is 0.0251. The molecule has 0 amide bonds. The fourth-order valence-corrected chi connectivity index (χ4v) is 1.51. The molecular formula is C15H21N. The molecular weight excluding hydrogens is 194 g/mol. The van der Waals surface area contributed by atoms with E-state index in [2.05, 4.69) is 43.0 Å². The molecule has 0 aliphatic carbocycles. The average Bonchev–Trinajstić information content (AvgIpc) is 2.33. The molecule has 1 aromatic carbocycles. The van der Waals surface area contributed by atoms with Gasteiger partial charge in [-0.15, -0.1) is 5.92 Å². The molecule has 1 heteroatoms. The molecule has 0 aliphatic rings. The van der Waals surface area contributed by atoms with Gasteiger partial charge in [0.2, 0.25) is 0 Å². The lowest BCUT2D eigenvalue weighted by Crippen LogP contribution is -2.18. The van der Waals surface area contributed by atoms with Crippen LogP contribution in [0.15, 0.2) is 30.3 Å². The molecule has 0 radical (unpaired) electrons. The summed E-state index contributed by atoms with van der Waals surface area (Å²) < 4.78 is 0. The van der Waals surface area contributed by atoms with E-state index in [0.717, 1.165) is 19.3 Å². The van der Waals surface area contributed by atoms with Crippen molar-refractivity contribution in [2.45, 2.75) is 45.1 Å². The first-order chi connectivity index (χ1) is 7.83. The van der Waals surface area contributed by atoms with E-state index in [0.29, 0.717) is 0 Å². The smallest absolute Gasteiger partial charge is 0.0667 e. The largest absolute Gasteiger partial charge is 0.318 e. The van der Waals surface area contributed by atoms with Crippen LogP contribution in [0.5, 0.6) is 0 Å². The first-order valence-electron chi connectivity index (χ1n) is 6.11. The Morgan fingerprint density at radius 3 is 2.69 bits per heavy atom. The Morgan fingerprint density at radius 1 is 1.25 bits per heavy atom. The fraction of sp³-hybridized carbons (Fsp3) is 0.467. The molecule has 0 aromatic heterocycles. The van der Waals surface area contributed by atoms with E-state index in [9.17, 15) is 0 Å². The fourth-order valence-electron chi connectivity index (χ4n) is 1.51. The van der Waals surface area contributed by atoms with Crippen molar-refractivity contribution >= 4 is 0 Å². The normalized spacial score (nSPS) is 11.6. The summed E-state index contributed by atoms with van der Waals surface area (Å²) in [6.07, 6.45) is 5.33. The van der Waals surface area contributed by atoms with Crippen LogP contribution >= 0.6 is 0 Å². The summed E-state index contributed by atoms with van der Waals surface area (Å²) >= 11 is 0. The monoisotopic (exact) mass is 215 g/mol. The number of hydrogen-bond acceptors (Lipinski definition) is 1. The van der Waals surface area contributed by atoms with Crippen molar-refractivity contribution in [3.63, 3.8) is 0 Å². The second-order valence-electron chi connectivity index (χ2n) is 4.06. The molecule has 1 unspecified atom stereocenters. The molecule has 0 spiro atoms. The molecule has 0 saturated heterocycles.